The Bertz CT molecular complexity index is 982. The zero-order valence-electron chi connectivity index (χ0n) is 11.4. The number of benzene rings is 2. The van der Waals surface area contributed by atoms with Crippen LogP contribution in [0.15, 0.2) is 58.3 Å². The second-order valence-corrected chi connectivity index (χ2v) is 4.77. The number of H-pyrrole nitrogens is 1. The highest BCUT2D eigenvalue weighted by Gasteiger charge is 2.16. The lowest BCUT2D eigenvalue weighted by Gasteiger charge is -2.08. The molecule has 22 heavy (non-hydrogen) atoms. The second kappa shape index (κ2) is 5.28. The van der Waals surface area contributed by atoms with E-state index in [0.29, 0.717) is 0 Å². The van der Waals surface area contributed by atoms with E-state index in [0.717, 1.165) is 27.2 Å². The number of nitrogens with zero attached hydrogens (tertiary/aromatic N) is 2. The maximum atomic E-state index is 11.9. The summed E-state index contributed by atoms with van der Waals surface area (Å²) in [7, 11) is 0. The predicted octanol–water partition coefficient (Wildman–Crippen LogP) is 1.65. The van der Waals surface area contributed by atoms with Crippen LogP contribution in [0.2, 0.25) is 0 Å². The summed E-state index contributed by atoms with van der Waals surface area (Å²) >= 11 is 0. The highest BCUT2D eigenvalue weighted by Crippen LogP contribution is 2.18. The molecule has 0 unspecified atom stereocenters. The van der Waals surface area contributed by atoms with Gasteiger partial charge in [0.15, 0.2) is 0 Å². The minimum Gasteiger partial charge on any atom is -0.296 e. The van der Waals surface area contributed by atoms with Crippen LogP contribution in [-0.4, -0.2) is 14.7 Å². The van der Waals surface area contributed by atoms with Crippen LogP contribution in [0.3, 0.4) is 0 Å². The van der Waals surface area contributed by atoms with Crippen molar-refractivity contribution >= 4 is 16.5 Å². The van der Waals surface area contributed by atoms with Crippen LogP contribution in [0.1, 0.15) is 5.56 Å². The number of aromatic nitrogens is 2. The van der Waals surface area contributed by atoms with Crippen molar-refractivity contribution in [3.8, 4) is 0 Å². The molecule has 110 valence electrons. The normalized spacial score (nSPS) is 10.7. The number of hydrogen-bond donors (Lipinski definition) is 1. The van der Waals surface area contributed by atoms with E-state index in [1.165, 1.54) is 0 Å². The first kappa shape index (κ1) is 13.7. The van der Waals surface area contributed by atoms with E-state index >= 15 is 0 Å². The Balaban J connectivity index is 2.10. The Kier molecular flexibility index (Phi) is 3.30. The minimum atomic E-state index is -1.12. The van der Waals surface area contributed by atoms with Gasteiger partial charge >= 0.3 is 16.7 Å². The quantitative estimate of drug-likeness (QED) is 0.451. The van der Waals surface area contributed by atoms with Gasteiger partial charge in [-0.15, -0.1) is 0 Å². The number of rotatable bonds is 3. The Hall–Kier alpha value is -3.22. The zero-order chi connectivity index (χ0) is 15.7. The second-order valence-electron chi connectivity index (χ2n) is 4.77. The number of aromatic amines is 1. The van der Waals surface area contributed by atoms with E-state index in [2.05, 4.69) is 5.10 Å². The lowest BCUT2D eigenvalue weighted by molar-refractivity contribution is -0.386. The molecule has 0 aliphatic carbocycles. The van der Waals surface area contributed by atoms with Crippen molar-refractivity contribution in [2.45, 2.75) is 6.54 Å². The Morgan fingerprint density at radius 1 is 1.09 bits per heavy atom. The van der Waals surface area contributed by atoms with Gasteiger partial charge in [0, 0.05) is 0 Å². The van der Waals surface area contributed by atoms with Crippen LogP contribution in [0.5, 0.6) is 0 Å². The van der Waals surface area contributed by atoms with Crippen molar-refractivity contribution in [1.29, 1.82) is 0 Å². The van der Waals surface area contributed by atoms with Gasteiger partial charge in [-0.3, -0.25) is 24.8 Å². The fourth-order valence-corrected chi connectivity index (χ4v) is 2.35. The summed E-state index contributed by atoms with van der Waals surface area (Å²) in [6.45, 7) is 0.132. The molecule has 0 bridgehead atoms. The van der Waals surface area contributed by atoms with Crippen molar-refractivity contribution in [3.63, 3.8) is 0 Å². The third kappa shape index (κ3) is 2.28. The Labute approximate surface area is 123 Å². The molecule has 0 saturated heterocycles. The van der Waals surface area contributed by atoms with E-state index in [-0.39, 0.29) is 6.54 Å². The van der Waals surface area contributed by atoms with Crippen LogP contribution >= 0.6 is 0 Å². The van der Waals surface area contributed by atoms with Crippen LogP contribution in [0.25, 0.3) is 10.8 Å². The number of nitro groups is 1. The molecule has 7 nitrogen and oxygen atoms in total. The van der Waals surface area contributed by atoms with E-state index in [9.17, 15) is 19.7 Å². The topological polar surface area (TPSA) is 98.0 Å². The summed E-state index contributed by atoms with van der Waals surface area (Å²) in [6, 6.07) is 13.3. The number of hydrogen-bond acceptors (Lipinski definition) is 4. The van der Waals surface area contributed by atoms with Crippen molar-refractivity contribution in [1.82, 2.24) is 9.78 Å². The highest BCUT2D eigenvalue weighted by molar-refractivity contribution is 5.85. The van der Waals surface area contributed by atoms with Gasteiger partial charge in [0.2, 0.25) is 0 Å². The molecule has 0 aliphatic heterocycles. The Morgan fingerprint density at radius 2 is 1.82 bits per heavy atom. The fraction of sp³-hybridized carbons (Fsp3) is 0.0667. The van der Waals surface area contributed by atoms with Gasteiger partial charge in [-0.1, -0.05) is 42.5 Å². The smallest absolute Gasteiger partial charge is 0.296 e. The third-order valence-electron chi connectivity index (χ3n) is 3.43. The van der Waals surface area contributed by atoms with E-state index in [1.807, 2.05) is 42.5 Å². The average molecular weight is 297 g/mol. The van der Waals surface area contributed by atoms with Gasteiger partial charge in [0.25, 0.3) is 0 Å². The van der Waals surface area contributed by atoms with Crippen molar-refractivity contribution in [3.05, 3.63) is 84.9 Å². The van der Waals surface area contributed by atoms with Crippen molar-refractivity contribution < 1.29 is 4.92 Å². The SMILES string of the molecule is O=c1c([N+](=O)[O-])c[nH]n(Cc2cccc3ccccc23)c1=O. The summed E-state index contributed by atoms with van der Waals surface area (Å²) in [5, 5.41) is 15.1. The van der Waals surface area contributed by atoms with Crippen molar-refractivity contribution in [2.75, 3.05) is 0 Å². The summed E-state index contributed by atoms with van der Waals surface area (Å²) < 4.78 is 1.07. The average Bonchev–Trinajstić information content (AvgIpc) is 2.52. The molecule has 3 aromatic rings. The summed E-state index contributed by atoms with van der Waals surface area (Å²) in [5.74, 6) is 0. The lowest BCUT2D eigenvalue weighted by atomic mass is 10.0. The molecule has 0 amide bonds. The molecule has 7 heteroatoms. The zero-order valence-corrected chi connectivity index (χ0v) is 11.4. The molecule has 0 fully saturated rings. The largest absolute Gasteiger partial charge is 0.339 e. The lowest BCUT2D eigenvalue weighted by Crippen LogP contribution is -2.37. The molecule has 1 aromatic heterocycles. The van der Waals surface area contributed by atoms with Crippen LogP contribution in [-0.2, 0) is 6.54 Å². The molecule has 1 heterocycles. The standard InChI is InChI=1S/C15H11N3O4/c19-14-13(18(21)22)8-16-17(15(14)20)9-11-6-3-5-10-4-1-2-7-12(10)11/h1-8,16H,9H2. The molecule has 0 saturated carbocycles. The first-order chi connectivity index (χ1) is 10.6. The van der Waals surface area contributed by atoms with Gasteiger partial charge in [-0.25, -0.2) is 4.68 Å². The minimum absolute atomic E-state index is 0.132. The molecule has 0 atom stereocenters. The summed E-state index contributed by atoms with van der Waals surface area (Å²) in [5.41, 5.74) is -1.98. The predicted molar refractivity (Wildman–Crippen MR) is 81.0 cm³/mol. The van der Waals surface area contributed by atoms with E-state index < -0.39 is 21.6 Å². The van der Waals surface area contributed by atoms with Gasteiger partial charge in [-0.2, -0.15) is 0 Å². The first-order valence-electron chi connectivity index (χ1n) is 6.51. The number of fused-ring (bicyclic) bond motifs is 1. The maximum absolute atomic E-state index is 11.9. The highest BCUT2D eigenvalue weighted by atomic mass is 16.6. The molecule has 2 aromatic carbocycles. The summed E-state index contributed by atoms with van der Waals surface area (Å²) in [6.07, 6.45) is 0.939. The fourth-order valence-electron chi connectivity index (χ4n) is 2.35. The molecule has 0 spiro atoms. The monoisotopic (exact) mass is 297 g/mol. The van der Waals surface area contributed by atoms with Crippen LogP contribution < -0.4 is 11.0 Å². The van der Waals surface area contributed by atoms with E-state index in [4.69, 9.17) is 0 Å². The van der Waals surface area contributed by atoms with Crippen LogP contribution in [0.4, 0.5) is 5.69 Å². The molecule has 3 rings (SSSR count). The van der Waals surface area contributed by atoms with Gasteiger partial charge in [0.1, 0.15) is 6.20 Å². The Morgan fingerprint density at radius 3 is 2.59 bits per heavy atom. The molecular weight excluding hydrogens is 286 g/mol. The van der Waals surface area contributed by atoms with Gasteiger partial charge in [0.05, 0.1) is 11.5 Å². The molecular formula is C15H11N3O4. The van der Waals surface area contributed by atoms with E-state index in [1.54, 1.807) is 0 Å². The molecule has 0 radical (unpaired) electrons. The third-order valence-corrected chi connectivity index (χ3v) is 3.43. The first-order valence-corrected chi connectivity index (χ1v) is 6.51. The summed E-state index contributed by atoms with van der Waals surface area (Å²) in [4.78, 5) is 33.4. The van der Waals surface area contributed by atoms with Gasteiger partial charge in [-0.05, 0) is 16.3 Å². The molecule has 0 aliphatic rings. The molecule has 1 N–H and O–H groups in total. The van der Waals surface area contributed by atoms with Crippen LogP contribution in [0, 0.1) is 10.1 Å². The number of nitrogens with one attached hydrogen (secondary N) is 1. The van der Waals surface area contributed by atoms with Gasteiger partial charge < -0.3 is 0 Å². The van der Waals surface area contributed by atoms with Crippen molar-refractivity contribution in [2.24, 2.45) is 0 Å². The maximum Gasteiger partial charge on any atom is 0.339 e.